The summed E-state index contributed by atoms with van der Waals surface area (Å²) >= 11 is 0. The fourth-order valence-electron chi connectivity index (χ4n) is 14.5. The summed E-state index contributed by atoms with van der Waals surface area (Å²) in [5, 5.41) is 3.47. The van der Waals surface area contributed by atoms with Crippen LogP contribution in [0.2, 0.25) is 0 Å². The monoisotopic (exact) mass is 1300 g/mol. The minimum absolute atomic E-state index is 0.138. The standard InChI is InChI=1S/C33H53OP.C31H49OP.C24H34O/c1-20(2)25-18-26(21(3)4)30(27(19-25)22(5)6)29-24(9)16-17-28(34-23(7)8)31(29)35(32(10,11)12)33(13,14)15;1-19(2)23-17-24(20(3)4)28(25(18-23)21(5)6)27-22(7)15-16-26(32-14)29(27)33(30(8,9)10)31(11,12)13;1-14(2)19-12-20(15(3)4)24(21(13-19)16(5)6)23-17(7)10-11-22(25-9)18(23)8/h16-23H,1-15H3;15-21H,1-14H3;10-16H,1-9H3. The molecule has 0 heterocycles. The van der Waals surface area contributed by atoms with E-state index in [2.05, 4.69) is 322 Å². The van der Waals surface area contributed by atoms with E-state index in [9.17, 15) is 0 Å². The van der Waals surface area contributed by atoms with Crippen molar-refractivity contribution in [2.75, 3.05) is 14.2 Å². The van der Waals surface area contributed by atoms with Crippen molar-refractivity contribution in [3.8, 4) is 50.6 Å². The molecule has 0 spiro atoms. The van der Waals surface area contributed by atoms with E-state index in [1.807, 2.05) is 7.11 Å². The second kappa shape index (κ2) is 32.3. The Labute approximate surface area is 576 Å². The van der Waals surface area contributed by atoms with Crippen LogP contribution in [0.3, 0.4) is 0 Å². The van der Waals surface area contributed by atoms with Crippen molar-refractivity contribution < 1.29 is 14.2 Å². The maximum absolute atomic E-state index is 6.61. The van der Waals surface area contributed by atoms with Gasteiger partial charge in [-0.05, 0) is 239 Å². The molecule has 0 aliphatic rings. The van der Waals surface area contributed by atoms with E-state index in [4.69, 9.17) is 14.2 Å². The number of hydrogen-bond acceptors (Lipinski definition) is 3. The molecule has 5 heteroatoms. The van der Waals surface area contributed by atoms with E-state index in [1.54, 1.807) is 7.11 Å². The first-order chi connectivity index (χ1) is 42.6. The molecule has 6 aromatic carbocycles. The number of ether oxygens (including phenoxy) is 3. The third-order valence-corrected chi connectivity index (χ3v) is 25.6. The maximum Gasteiger partial charge on any atom is 0.128 e. The zero-order valence-corrected chi connectivity index (χ0v) is 68.6. The fourth-order valence-corrected chi connectivity index (χ4v) is 22.9. The third-order valence-electron chi connectivity index (χ3n) is 18.4. The molecule has 0 amide bonds. The van der Waals surface area contributed by atoms with Crippen LogP contribution in [0.15, 0.2) is 72.8 Å². The van der Waals surface area contributed by atoms with Crippen LogP contribution in [0.5, 0.6) is 17.2 Å². The number of benzene rings is 6. The van der Waals surface area contributed by atoms with Crippen LogP contribution >= 0.6 is 15.8 Å². The van der Waals surface area contributed by atoms with Gasteiger partial charge in [0.1, 0.15) is 17.2 Å². The molecular weight excluding hydrogens is 1170 g/mol. The molecule has 93 heavy (non-hydrogen) atoms. The smallest absolute Gasteiger partial charge is 0.128 e. The molecule has 6 aromatic rings. The van der Waals surface area contributed by atoms with Gasteiger partial charge in [0, 0.05) is 10.6 Å². The van der Waals surface area contributed by atoms with E-state index in [0.29, 0.717) is 53.3 Å². The number of aryl methyl sites for hydroxylation is 3. The summed E-state index contributed by atoms with van der Waals surface area (Å²) in [4.78, 5) is 0. The summed E-state index contributed by atoms with van der Waals surface area (Å²) in [7, 11) is 2.51. The van der Waals surface area contributed by atoms with Gasteiger partial charge >= 0.3 is 0 Å². The van der Waals surface area contributed by atoms with Gasteiger partial charge in [-0.2, -0.15) is 0 Å². The SMILES string of the molecule is COc1ccc(C)c(-c2c(C(C)C)cc(C(C)C)cc2C(C)C)c1C.COc1ccc(C)c(-c2c(C(C)C)cc(C(C)C)cc2C(C)C)c1P(C(C)(C)C)C(C)(C)C.Cc1ccc(OC(C)C)c(P(C(C)(C)C)C(C)(C)C)c1-c1c(C(C)C)cc(C(C)C)cc1C(C)C. The number of rotatable bonds is 18. The molecule has 0 radical (unpaired) electrons. The topological polar surface area (TPSA) is 27.7 Å². The molecule has 0 saturated carbocycles. The maximum atomic E-state index is 6.61. The lowest BCUT2D eigenvalue weighted by Crippen LogP contribution is -2.33. The summed E-state index contributed by atoms with van der Waals surface area (Å²) in [5.41, 5.74) is 26.9. The van der Waals surface area contributed by atoms with E-state index in [1.165, 1.54) is 116 Å². The molecular formula is C88H136O3P2. The van der Waals surface area contributed by atoms with Crippen LogP contribution in [0.25, 0.3) is 33.4 Å². The first kappa shape index (κ1) is 81.0. The van der Waals surface area contributed by atoms with Crippen molar-refractivity contribution in [1.29, 1.82) is 0 Å². The van der Waals surface area contributed by atoms with Crippen LogP contribution in [-0.4, -0.2) is 40.9 Å². The van der Waals surface area contributed by atoms with Crippen LogP contribution in [0.4, 0.5) is 0 Å². The third kappa shape index (κ3) is 19.2. The van der Waals surface area contributed by atoms with Gasteiger partial charge in [-0.25, -0.2) is 0 Å². The van der Waals surface area contributed by atoms with Gasteiger partial charge in [-0.3, -0.25) is 0 Å². The van der Waals surface area contributed by atoms with Crippen LogP contribution in [-0.2, 0) is 0 Å². The van der Waals surface area contributed by atoms with Crippen molar-refractivity contribution >= 4 is 26.5 Å². The Bertz CT molecular complexity index is 3340. The number of hydrogen-bond donors (Lipinski definition) is 0. The van der Waals surface area contributed by atoms with Gasteiger partial charge in [-0.15, -0.1) is 0 Å². The zero-order chi connectivity index (χ0) is 71.4. The van der Waals surface area contributed by atoms with Gasteiger partial charge in [0.05, 0.1) is 20.3 Å². The lowest BCUT2D eigenvalue weighted by molar-refractivity contribution is 0.244. The minimum atomic E-state index is -0.558. The highest BCUT2D eigenvalue weighted by atomic mass is 31.1. The Balaban J connectivity index is 0.000000301. The summed E-state index contributed by atoms with van der Waals surface area (Å²) < 4.78 is 18.4. The van der Waals surface area contributed by atoms with Crippen molar-refractivity contribution in [1.82, 2.24) is 0 Å². The highest BCUT2D eigenvalue weighted by Gasteiger charge is 2.42. The highest BCUT2D eigenvalue weighted by molar-refractivity contribution is 7.69. The molecule has 0 N–H and O–H groups in total. The summed E-state index contributed by atoms with van der Waals surface area (Å²) in [6.45, 7) is 84.1. The molecule has 516 valence electrons. The van der Waals surface area contributed by atoms with Crippen LogP contribution < -0.4 is 24.8 Å². The predicted molar refractivity (Wildman–Crippen MR) is 422 cm³/mol. The second-order valence-electron chi connectivity index (χ2n) is 34.1. The van der Waals surface area contributed by atoms with Gasteiger partial charge in [0.15, 0.2) is 0 Å². The zero-order valence-electron chi connectivity index (χ0n) is 66.8. The fraction of sp³-hybridized carbons (Fsp3) is 0.591. The van der Waals surface area contributed by atoms with E-state index in [-0.39, 0.29) is 26.7 Å². The molecule has 0 bridgehead atoms. The largest absolute Gasteiger partial charge is 0.496 e. The minimum Gasteiger partial charge on any atom is -0.496 e. The molecule has 0 atom stereocenters. The van der Waals surface area contributed by atoms with Crippen molar-refractivity contribution in [3.63, 3.8) is 0 Å². The van der Waals surface area contributed by atoms with E-state index >= 15 is 0 Å². The quantitative estimate of drug-likeness (QED) is 0.0803. The average molecular weight is 1300 g/mol. The lowest BCUT2D eigenvalue weighted by Gasteiger charge is -2.44. The Morgan fingerprint density at radius 2 is 0.505 bits per heavy atom. The van der Waals surface area contributed by atoms with Gasteiger partial charge in [-0.1, -0.05) is 278 Å². The Hall–Kier alpha value is -4.42. The molecule has 0 aliphatic carbocycles. The summed E-state index contributed by atoms with van der Waals surface area (Å²) in [5.74, 6) is 7.41. The molecule has 0 aromatic heterocycles. The molecule has 0 saturated heterocycles. The van der Waals surface area contributed by atoms with Crippen molar-refractivity contribution in [3.05, 3.63) is 145 Å². The second-order valence-corrected chi connectivity index (χ2v) is 41.7. The van der Waals surface area contributed by atoms with E-state index < -0.39 is 15.8 Å². The first-order valence-corrected chi connectivity index (χ1v) is 38.5. The highest BCUT2D eigenvalue weighted by Crippen LogP contribution is 2.63. The molecule has 3 nitrogen and oxygen atoms in total. The summed E-state index contributed by atoms with van der Waals surface area (Å²) in [6.07, 6.45) is 0.138. The van der Waals surface area contributed by atoms with Crippen LogP contribution in [0, 0.1) is 27.7 Å². The predicted octanol–water partition coefficient (Wildman–Crippen LogP) is 27.6. The van der Waals surface area contributed by atoms with Crippen LogP contribution in [0.1, 0.15) is 347 Å². The number of methoxy groups -OCH3 is 2. The Kier molecular flexibility index (Phi) is 28.1. The Morgan fingerprint density at radius 1 is 0.280 bits per heavy atom. The van der Waals surface area contributed by atoms with Gasteiger partial charge < -0.3 is 14.2 Å². The van der Waals surface area contributed by atoms with Gasteiger partial charge in [0.25, 0.3) is 0 Å². The van der Waals surface area contributed by atoms with Gasteiger partial charge in [0.2, 0.25) is 0 Å². The molecule has 0 unspecified atom stereocenters. The van der Waals surface area contributed by atoms with Crippen molar-refractivity contribution in [2.24, 2.45) is 0 Å². The average Bonchev–Trinajstić information content (AvgIpc) is 0.750. The Morgan fingerprint density at radius 3 is 0.731 bits per heavy atom. The molecule has 0 fully saturated rings. The lowest BCUT2D eigenvalue weighted by atomic mass is 9.79. The van der Waals surface area contributed by atoms with Crippen molar-refractivity contribution in [2.45, 2.75) is 329 Å². The molecule has 0 aliphatic heterocycles. The normalized spacial score (nSPS) is 12.7. The summed E-state index contributed by atoms with van der Waals surface area (Å²) in [6, 6.07) is 28.1. The van der Waals surface area contributed by atoms with E-state index in [0.717, 1.165) is 17.2 Å². The molecule has 6 rings (SSSR count). The first-order valence-electron chi connectivity index (χ1n) is 35.8.